The predicted molar refractivity (Wildman–Crippen MR) is 80.6 cm³/mol. The summed E-state index contributed by atoms with van der Waals surface area (Å²) >= 11 is 1.74. The first kappa shape index (κ1) is 14.0. The van der Waals surface area contributed by atoms with E-state index >= 15 is 0 Å². The molecule has 0 atom stereocenters. The van der Waals surface area contributed by atoms with Gasteiger partial charge in [-0.25, -0.2) is 4.39 Å². The molecule has 4 heteroatoms. The second kappa shape index (κ2) is 7.26. The lowest BCUT2D eigenvalue weighted by Gasteiger charge is -2.19. The van der Waals surface area contributed by atoms with Crippen LogP contribution in [-0.4, -0.2) is 26.7 Å². The number of likely N-dealkylation sites (N-methyl/N-ethyl adjacent to an activating group) is 1. The van der Waals surface area contributed by atoms with Gasteiger partial charge in [0, 0.05) is 25.8 Å². The van der Waals surface area contributed by atoms with Crippen LogP contribution in [-0.2, 0) is 6.42 Å². The molecular formula is C15H19FN2S. The lowest BCUT2D eigenvalue weighted by atomic mass is 10.2. The Balaban J connectivity index is 1.63. The molecule has 0 saturated carbocycles. The molecule has 102 valence electrons. The molecule has 19 heavy (non-hydrogen) atoms. The van der Waals surface area contributed by atoms with Crippen molar-refractivity contribution in [1.29, 1.82) is 0 Å². The van der Waals surface area contributed by atoms with E-state index < -0.39 is 0 Å². The molecule has 0 amide bonds. The van der Waals surface area contributed by atoms with E-state index in [2.05, 4.69) is 27.0 Å². The average molecular weight is 278 g/mol. The van der Waals surface area contributed by atoms with Crippen molar-refractivity contribution in [2.45, 2.75) is 6.42 Å². The lowest BCUT2D eigenvalue weighted by molar-refractivity contribution is 0.627. The Morgan fingerprint density at radius 3 is 2.63 bits per heavy atom. The van der Waals surface area contributed by atoms with E-state index in [1.807, 2.05) is 7.05 Å². The summed E-state index contributed by atoms with van der Waals surface area (Å²) in [5.41, 5.74) is 2.44. The number of benzene rings is 1. The Labute approximate surface area is 117 Å². The lowest BCUT2D eigenvalue weighted by Crippen LogP contribution is -2.30. The van der Waals surface area contributed by atoms with Crippen molar-refractivity contribution in [3.63, 3.8) is 0 Å². The summed E-state index contributed by atoms with van der Waals surface area (Å²) in [6, 6.07) is 8.77. The molecule has 1 aromatic heterocycles. The van der Waals surface area contributed by atoms with Gasteiger partial charge in [0.05, 0.1) is 0 Å². The second-order valence-electron chi connectivity index (χ2n) is 4.53. The van der Waals surface area contributed by atoms with Gasteiger partial charge in [-0.15, -0.1) is 0 Å². The van der Waals surface area contributed by atoms with E-state index in [0.29, 0.717) is 0 Å². The molecule has 0 aliphatic carbocycles. The maximum atomic E-state index is 12.8. The van der Waals surface area contributed by atoms with Crippen molar-refractivity contribution < 1.29 is 4.39 Å². The number of nitrogens with zero attached hydrogens (tertiary/aromatic N) is 1. The molecule has 0 unspecified atom stereocenters. The van der Waals surface area contributed by atoms with Crippen molar-refractivity contribution in [3.05, 3.63) is 52.5 Å². The fourth-order valence-corrected chi connectivity index (χ4v) is 2.57. The molecule has 2 aromatic rings. The zero-order chi connectivity index (χ0) is 13.5. The molecule has 0 fully saturated rings. The number of halogens is 1. The van der Waals surface area contributed by atoms with E-state index in [4.69, 9.17) is 0 Å². The van der Waals surface area contributed by atoms with Crippen LogP contribution in [0.4, 0.5) is 10.1 Å². The van der Waals surface area contributed by atoms with Gasteiger partial charge in [0.1, 0.15) is 5.82 Å². The third-order valence-corrected chi connectivity index (χ3v) is 3.79. The summed E-state index contributed by atoms with van der Waals surface area (Å²) in [7, 11) is 2.02. The van der Waals surface area contributed by atoms with Gasteiger partial charge in [0.25, 0.3) is 0 Å². The molecule has 1 aromatic carbocycles. The summed E-state index contributed by atoms with van der Waals surface area (Å²) in [6.07, 6.45) is 1.07. The minimum Gasteiger partial charge on any atom is -0.373 e. The average Bonchev–Trinajstić information content (AvgIpc) is 2.92. The molecule has 1 heterocycles. The van der Waals surface area contributed by atoms with Gasteiger partial charge >= 0.3 is 0 Å². The van der Waals surface area contributed by atoms with Crippen LogP contribution in [0.1, 0.15) is 5.56 Å². The highest BCUT2D eigenvalue weighted by Gasteiger charge is 2.00. The fraction of sp³-hybridized carbons (Fsp3) is 0.333. The molecule has 0 spiro atoms. The van der Waals surface area contributed by atoms with Crippen molar-refractivity contribution >= 4 is 17.0 Å². The van der Waals surface area contributed by atoms with E-state index in [1.165, 1.54) is 17.7 Å². The summed E-state index contributed by atoms with van der Waals surface area (Å²) < 4.78 is 12.8. The monoisotopic (exact) mass is 278 g/mol. The maximum Gasteiger partial charge on any atom is 0.123 e. The Bertz CT molecular complexity index is 467. The van der Waals surface area contributed by atoms with Gasteiger partial charge in [0.15, 0.2) is 0 Å². The molecule has 0 aliphatic rings. The predicted octanol–water partition coefficient (Wildman–Crippen LogP) is 3.16. The molecule has 1 N–H and O–H groups in total. The highest BCUT2D eigenvalue weighted by Crippen LogP contribution is 2.12. The Kier molecular flexibility index (Phi) is 5.36. The molecular weight excluding hydrogens is 259 g/mol. The van der Waals surface area contributed by atoms with Crippen LogP contribution in [0, 0.1) is 5.82 Å². The normalized spacial score (nSPS) is 10.6. The summed E-state index contributed by atoms with van der Waals surface area (Å²) in [5.74, 6) is -0.189. The molecule has 0 aliphatic heterocycles. The van der Waals surface area contributed by atoms with Gasteiger partial charge in [-0.2, -0.15) is 11.3 Å². The Morgan fingerprint density at radius 2 is 1.95 bits per heavy atom. The van der Waals surface area contributed by atoms with Crippen LogP contribution in [0.5, 0.6) is 0 Å². The highest BCUT2D eigenvalue weighted by atomic mass is 32.1. The van der Waals surface area contributed by atoms with Crippen LogP contribution in [0.25, 0.3) is 0 Å². The van der Waals surface area contributed by atoms with E-state index in [-0.39, 0.29) is 5.82 Å². The third-order valence-electron chi connectivity index (χ3n) is 3.06. The smallest absolute Gasteiger partial charge is 0.123 e. The standard InChI is InChI=1S/C15H19FN2S/c1-18(15-4-2-14(16)3-5-15)10-9-17-8-6-13-7-11-19-12-13/h2-5,7,11-12,17H,6,8-10H2,1H3. The summed E-state index contributed by atoms with van der Waals surface area (Å²) in [4.78, 5) is 2.12. The number of hydrogen-bond acceptors (Lipinski definition) is 3. The quantitative estimate of drug-likeness (QED) is 0.783. The maximum absolute atomic E-state index is 12.8. The molecule has 0 saturated heterocycles. The largest absolute Gasteiger partial charge is 0.373 e. The Hall–Kier alpha value is -1.39. The third kappa shape index (κ3) is 4.65. The molecule has 2 nitrogen and oxygen atoms in total. The van der Waals surface area contributed by atoms with Gasteiger partial charge in [-0.3, -0.25) is 0 Å². The molecule has 0 radical (unpaired) electrons. The number of anilines is 1. The van der Waals surface area contributed by atoms with Crippen molar-refractivity contribution in [2.24, 2.45) is 0 Å². The van der Waals surface area contributed by atoms with Crippen LogP contribution in [0.3, 0.4) is 0 Å². The van der Waals surface area contributed by atoms with Crippen LogP contribution >= 0.6 is 11.3 Å². The molecule has 2 rings (SSSR count). The minimum atomic E-state index is -0.189. The van der Waals surface area contributed by atoms with Crippen molar-refractivity contribution in [2.75, 3.05) is 31.6 Å². The van der Waals surface area contributed by atoms with Gasteiger partial charge in [-0.05, 0) is 59.6 Å². The second-order valence-corrected chi connectivity index (χ2v) is 5.31. The number of thiophene rings is 1. The summed E-state index contributed by atoms with van der Waals surface area (Å²) in [6.45, 7) is 2.83. The van der Waals surface area contributed by atoms with Crippen molar-refractivity contribution in [3.8, 4) is 0 Å². The van der Waals surface area contributed by atoms with Crippen LogP contribution in [0.15, 0.2) is 41.1 Å². The SMILES string of the molecule is CN(CCNCCc1ccsc1)c1ccc(F)cc1. The Morgan fingerprint density at radius 1 is 1.16 bits per heavy atom. The minimum absolute atomic E-state index is 0.189. The van der Waals surface area contributed by atoms with Crippen LogP contribution < -0.4 is 10.2 Å². The van der Waals surface area contributed by atoms with Crippen LogP contribution in [0.2, 0.25) is 0 Å². The first-order valence-corrected chi connectivity index (χ1v) is 7.38. The first-order chi connectivity index (χ1) is 9.25. The van der Waals surface area contributed by atoms with E-state index in [1.54, 1.807) is 23.5 Å². The number of hydrogen-bond donors (Lipinski definition) is 1. The van der Waals surface area contributed by atoms with Gasteiger partial charge in [0.2, 0.25) is 0 Å². The highest BCUT2D eigenvalue weighted by molar-refractivity contribution is 7.07. The number of rotatable bonds is 7. The van der Waals surface area contributed by atoms with Gasteiger partial charge < -0.3 is 10.2 Å². The first-order valence-electron chi connectivity index (χ1n) is 6.44. The van der Waals surface area contributed by atoms with Crippen molar-refractivity contribution in [1.82, 2.24) is 5.32 Å². The fourth-order valence-electron chi connectivity index (χ4n) is 1.86. The zero-order valence-corrected chi connectivity index (χ0v) is 11.9. The number of nitrogens with one attached hydrogen (secondary N) is 1. The van der Waals surface area contributed by atoms with E-state index in [9.17, 15) is 4.39 Å². The molecule has 0 bridgehead atoms. The topological polar surface area (TPSA) is 15.3 Å². The van der Waals surface area contributed by atoms with Gasteiger partial charge in [-0.1, -0.05) is 0 Å². The zero-order valence-electron chi connectivity index (χ0n) is 11.1. The van der Waals surface area contributed by atoms with E-state index in [0.717, 1.165) is 31.7 Å². The summed E-state index contributed by atoms with van der Waals surface area (Å²) in [5, 5.41) is 7.72.